The number of aromatic nitrogens is 2. The fourth-order valence-electron chi connectivity index (χ4n) is 2.60. The van der Waals surface area contributed by atoms with Crippen molar-refractivity contribution in [2.24, 2.45) is 7.05 Å². The van der Waals surface area contributed by atoms with Crippen LogP contribution in [-0.2, 0) is 13.5 Å². The highest BCUT2D eigenvalue weighted by molar-refractivity contribution is 6.13. The first-order chi connectivity index (χ1) is 9.15. The molecule has 1 aliphatic carbocycles. The summed E-state index contributed by atoms with van der Waals surface area (Å²) in [7, 11) is 1.90. The van der Waals surface area contributed by atoms with Gasteiger partial charge in [0.25, 0.3) is 0 Å². The number of carbonyl (C=O) groups is 1. The summed E-state index contributed by atoms with van der Waals surface area (Å²) in [4.78, 5) is 12.4. The largest absolute Gasteiger partial charge is 0.289 e. The molecule has 3 nitrogen and oxygen atoms in total. The third kappa shape index (κ3) is 2.12. The lowest BCUT2D eigenvalue weighted by molar-refractivity contribution is 0.102. The van der Waals surface area contributed by atoms with Gasteiger partial charge in [0.1, 0.15) is 0 Å². The zero-order valence-electron chi connectivity index (χ0n) is 11.2. The Morgan fingerprint density at radius 2 is 2.05 bits per heavy atom. The summed E-state index contributed by atoms with van der Waals surface area (Å²) in [5.41, 5.74) is 4.88. The van der Waals surface area contributed by atoms with E-state index in [4.69, 9.17) is 0 Å². The molecule has 0 atom stereocenters. The Hall–Kier alpha value is -2.16. The number of carbonyl (C=O) groups excluding carboxylic acids is 1. The molecule has 0 aliphatic heterocycles. The van der Waals surface area contributed by atoms with Crippen molar-refractivity contribution in [3.05, 3.63) is 58.4 Å². The number of nitrogens with zero attached hydrogens (tertiary/aromatic N) is 2. The molecule has 0 fully saturated rings. The Morgan fingerprint density at radius 3 is 2.79 bits per heavy atom. The molecule has 0 saturated heterocycles. The molecule has 3 heteroatoms. The molecule has 1 aliphatic rings. The summed E-state index contributed by atoms with van der Waals surface area (Å²) in [6, 6.07) is 7.88. The maximum Gasteiger partial charge on any atom is 0.189 e. The van der Waals surface area contributed by atoms with Gasteiger partial charge in [-0.2, -0.15) is 5.10 Å². The minimum atomic E-state index is 0.158. The highest BCUT2D eigenvalue weighted by Crippen LogP contribution is 2.26. The van der Waals surface area contributed by atoms with Crippen molar-refractivity contribution in [2.45, 2.75) is 19.8 Å². The molecule has 1 heterocycles. The number of fused-ring (bicyclic) bond motifs is 1. The maximum atomic E-state index is 12.4. The van der Waals surface area contributed by atoms with Gasteiger partial charge in [0.2, 0.25) is 0 Å². The van der Waals surface area contributed by atoms with Crippen LogP contribution in [0.25, 0.3) is 6.08 Å². The lowest BCUT2D eigenvalue weighted by Crippen LogP contribution is -2.13. The Bertz CT molecular complexity index is 680. The van der Waals surface area contributed by atoms with E-state index < -0.39 is 0 Å². The summed E-state index contributed by atoms with van der Waals surface area (Å²) in [5.74, 6) is 0.158. The first-order valence-corrected chi connectivity index (χ1v) is 6.48. The Kier molecular flexibility index (Phi) is 2.82. The second-order valence-electron chi connectivity index (χ2n) is 5.00. The number of benzene rings is 1. The highest BCUT2D eigenvalue weighted by atomic mass is 16.1. The van der Waals surface area contributed by atoms with Gasteiger partial charge in [-0.25, -0.2) is 0 Å². The van der Waals surface area contributed by atoms with Crippen molar-refractivity contribution in [1.82, 2.24) is 9.78 Å². The molecule has 0 unspecified atom stereocenters. The van der Waals surface area contributed by atoms with Crippen LogP contribution in [-0.4, -0.2) is 15.6 Å². The van der Waals surface area contributed by atoms with Gasteiger partial charge in [0.15, 0.2) is 5.78 Å². The molecule has 0 amide bonds. The number of ketones is 1. The molecule has 2 aromatic rings. The summed E-state index contributed by atoms with van der Waals surface area (Å²) in [6.07, 6.45) is 5.69. The van der Waals surface area contributed by atoms with Crippen LogP contribution >= 0.6 is 0 Å². The fourth-order valence-corrected chi connectivity index (χ4v) is 2.60. The molecule has 0 spiro atoms. The number of rotatable bonds is 1. The summed E-state index contributed by atoms with van der Waals surface area (Å²) >= 11 is 0. The van der Waals surface area contributed by atoms with Gasteiger partial charge >= 0.3 is 0 Å². The van der Waals surface area contributed by atoms with Crippen molar-refractivity contribution in [2.75, 3.05) is 0 Å². The van der Waals surface area contributed by atoms with Crippen LogP contribution in [0.15, 0.2) is 36.0 Å². The standard InChI is InChI=1S/C16H16N2O/c1-11-14(10-18(2)17-11)9-13-8-7-12-5-3-4-6-15(12)16(13)19/h3-6,9-10H,7-8H2,1-2H3. The van der Waals surface area contributed by atoms with E-state index in [0.717, 1.165) is 40.8 Å². The second kappa shape index (κ2) is 4.50. The molecule has 0 bridgehead atoms. The van der Waals surface area contributed by atoms with Gasteiger partial charge in [0, 0.05) is 29.9 Å². The zero-order valence-corrected chi connectivity index (χ0v) is 11.2. The Morgan fingerprint density at radius 1 is 1.26 bits per heavy atom. The number of Topliss-reactive ketones (excluding diaryl/α,β-unsaturated/α-hetero) is 1. The van der Waals surface area contributed by atoms with Crippen LogP contribution in [0.4, 0.5) is 0 Å². The van der Waals surface area contributed by atoms with E-state index in [1.807, 2.05) is 50.5 Å². The van der Waals surface area contributed by atoms with Crippen molar-refractivity contribution >= 4 is 11.9 Å². The van der Waals surface area contributed by atoms with Crippen molar-refractivity contribution in [3.8, 4) is 0 Å². The molecule has 1 aromatic heterocycles. The normalized spacial score (nSPS) is 16.7. The SMILES string of the molecule is Cc1nn(C)cc1C=C1CCc2ccccc2C1=O. The van der Waals surface area contributed by atoms with E-state index >= 15 is 0 Å². The number of aryl methyl sites for hydroxylation is 3. The molecular formula is C16H16N2O. The van der Waals surface area contributed by atoms with Gasteiger partial charge in [0.05, 0.1) is 5.69 Å². The van der Waals surface area contributed by atoms with Crippen LogP contribution < -0.4 is 0 Å². The summed E-state index contributed by atoms with van der Waals surface area (Å²) in [5, 5.41) is 4.31. The molecule has 3 rings (SSSR count). The molecule has 0 N–H and O–H groups in total. The highest BCUT2D eigenvalue weighted by Gasteiger charge is 2.21. The quantitative estimate of drug-likeness (QED) is 0.731. The third-order valence-corrected chi connectivity index (χ3v) is 3.60. The van der Waals surface area contributed by atoms with Gasteiger partial charge in [-0.1, -0.05) is 24.3 Å². The van der Waals surface area contributed by atoms with Crippen molar-refractivity contribution < 1.29 is 4.79 Å². The molecule has 1 aromatic carbocycles. The van der Waals surface area contributed by atoms with E-state index in [1.165, 1.54) is 0 Å². The first kappa shape index (κ1) is 11.9. The van der Waals surface area contributed by atoms with Gasteiger partial charge in [-0.3, -0.25) is 9.48 Å². The molecular weight excluding hydrogens is 236 g/mol. The van der Waals surface area contributed by atoms with E-state index in [-0.39, 0.29) is 5.78 Å². The number of hydrogen-bond acceptors (Lipinski definition) is 2. The predicted octanol–water partition coefficient (Wildman–Crippen LogP) is 2.94. The number of allylic oxidation sites excluding steroid dienone is 1. The van der Waals surface area contributed by atoms with Crippen molar-refractivity contribution in [1.29, 1.82) is 0 Å². The van der Waals surface area contributed by atoms with Crippen LogP contribution in [0.2, 0.25) is 0 Å². The molecule has 96 valence electrons. The molecule has 19 heavy (non-hydrogen) atoms. The summed E-state index contributed by atoms with van der Waals surface area (Å²) in [6.45, 7) is 1.97. The van der Waals surface area contributed by atoms with Gasteiger partial charge in [-0.15, -0.1) is 0 Å². The lowest BCUT2D eigenvalue weighted by Gasteiger charge is -2.16. The fraction of sp³-hybridized carbons (Fsp3) is 0.250. The van der Waals surface area contributed by atoms with E-state index in [0.29, 0.717) is 0 Å². The number of hydrogen-bond donors (Lipinski definition) is 0. The molecule has 0 radical (unpaired) electrons. The minimum absolute atomic E-state index is 0.158. The minimum Gasteiger partial charge on any atom is -0.289 e. The second-order valence-corrected chi connectivity index (χ2v) is 5.00. The third-order valence-electron chi connectivity index (χ3n) is 3.60. The Balaban J connectivity index is 2.00. The van der Waals surface area contributed by atoms with E-state index in [1.54, 1.807) is 4.68 Å². The summed E-state index contributed by atoms with van der Waals surface area (Å²) < 4.78 is 1.78. The first-order valence-electron chi connectivity index (χ1n) is 6.48. The van der Waals surface area contributed by atoms with E-state index in [2.05, 4.69) is 5.10 Å². The van der Waals surface area contributed by atoms with Gasteiger partial charge in [-0.05, 0) is 31.4 Å². The maximum absolute atomic E-state index is 12.4. The topological polar surface area (TPSA) is 34.9 Å². The molecule has 0 saturated carbocycles. The van der Waals surface area contributed by atoms with Crippen LogP contribution in [0.5, 0.6) is 0 Å². The zero-order chi connectivity index (χ0) is 13.4. The average molecular weight is 252 g/mol. The van der Waals surface area contributed by atoms with Crippen LogP contribution in [0.3, 0.4) is 0 Å². The van der Waals surface area contributed by atoms with Crippen molar-refractivity contribution in [3.63, 3.8) is 0 Å². The van der Waals surface area contributed by atoms with Crippen LogP contribution in [0, 0.1) is 6.92 Å². The lowest BCUT2D eigenvalue weighted by atomic mass is 9.86. The van der Waals surface area contributed by atoms with Crippen LogP contribution in [0.1, 0.15) is 33.6 Å². The van der Waals surface area contributed by atoms with E-state index in [9.17, 15) is 4.79 Å². The predicted molar refractivity (Wildman–Crippen MR) is 75.0 cm³/mol. The monoisotopic (exact) mass is 252 g/mol. The Labute approximate surface area is 112 Å². The average Bonchev–Trinajstić information content (AvgIpc) is 2.72. The van der Waals surface area contributed by atoms with Gasteiger partial charge < -0.3 is 0 Å². The smallest absolute Gasteiger partial charge is 0.189 e.